The fraction of sp³-hybridized carbons (Fsp3) is 0.500. The average molecular weight is 242 g/mol. The van der Waals surface area contributed by atoms with E-state index in [-0.39, 0.29) is 0 Å². The maximum Gasteiger partial charge on any atom is 0.0452 e. The van der Waals surface area contributed by atoms with Crippen molar-refractivity contribution in [3.63, 3.8) is 0 Å². The van der Waals surface area contributed by atoms with Gasteiger partial charge in [-0.1, -0.05) is 24.6 Å². The van der Waals surface area contributed by atoms with Crippen molar-refractivity contribution in [3.8, 4) is 0 Å². The molecule has 82 valence electrons. The van der Waals surface area contributed by atoms with E-state index in [4.69, 9.17) is 11.6 Å². The van der Waals surface area contributed by atoms with Crippen LogP contribution in [-0.4, -0.2) is 12.3 Å². The summed E-state index contributed by atoms with van der Waals surface area (Å²) in [7, 11) is 2.02. The van der Waals surface area contributed by atoms with E-state index < -0.39 is 0 Å². The highest BCUT2D eigenvalue weighted by Crippen LogP contribution is 2.40. The molecule has 0 spiro atoms. The number of halogens is 1. The van der Waals surface area contributed by atoms with E-state index in [2.05, 4.69) is 31.3 Å². The van der Waals surface area contributed by atoms with E-state index in [1.807, 2.05) is 18.8 Å². The van der Waals surface area contributed by atoms with Gasteiger partial charge in [-0.25, -0.2) is 0 Å². The second kappa shape index (κ2) is 4.36. The molecule has 1 aromatic rings. The monoisotopic (exact) mass is 241 g/mol. The number of aryl methyl sites for hydroxylation is 1. The van der Waals surface area contributed by atoms with Gasteiger partial charge in [-0.3, -0.25) is 0 Å². The normalized spacial score (nSPS) is 25.1. The van der Waals surface area contributed by atoms with Gasteiger partial charge in [0.05, 0.1) is 0 Å². The fourth-order valence-electron chi connectivity index (χ4n) is 2.18. The first kappa shape index (κ1) is 11.3. The SMILES string of the molecule is CNC1c2cc(C)cc(Cl)c2CSC1C. The van der Waals surface area contributed by atoms with Gasteiger partial charge in [0, 0.05) is 22.1 Å². The molecule has 1 aromatic carbocycles. The lowest BCUT2D eigenvalue weighted by atomic mass is 9.96. The first-order chi connectivity index (χ1) is 7.13. The molecule has 0 aromatic heterocycles. The Labute approximate surface area is 101 Å². The molecule has 1 N–H and O–H groups in total. The van der Waals surface area contributed by atoms with E-state index in [0.29, 0.717) is 11.3 Å². The van der Waals surface area contributed by atoms with Crippen LogP contribution in [0.2, 0.25) is 5.02 Å². The Balaban J connectivity index is 2.52. The quantitative estimate of drug-likeness (QED) is 0.807. The Bertz CT molecular complexity index is 378. The predicted molar refractivity (Wildman–Crippen MR) is 68.7 cm³/mol. The summed E-state index contributed by atoms with van der Waals surface area (Å²) in [6.07, 6.45) is 0. The molecule has 1 aliphatic rings. The zero-order chi connectivity index (χ0) is 11.0. The predicted octanol–water partition coefficient (Wildman–Crippen LogP) is 3.54. The maximum absolute atomic E-state index is 6.28. The smallest absolute Gasteiger partial charge is 0.0452 e. The Morgan fingerprint density at radius 2 is 2.20 bits per heavy atom. The molecular weight excluding hydrogens is 226 g/mol. The third-order valence-electron chi connectivity index (χ3n) is 2.98. The Morgan fingerprint density at radius 1 is 1.47 bits per heavy atom. The van der Waals surface area contributed by atoms with Crippen molar-refractivity contribution in [3.05, 3.63) is 33.8 Å². The van der Waals surface area contributed by atoms with Crippen molar-refractivity contribution in [2.45, 2.75) is 30.9 Å². The maximum atomic E-state index is 6.28. The van der Waals surface area contributed by atoms with Crippen LogP contribution < -0.4 is 5.32 Å². The van der Waals surface area contributed by atoms with Gasteiger partial charge in [-0.2, -0.15) is 11.8 Å². The molecule has 0 saturated carbocycles. The molecule has 0 aliphatic carbocycles. The third kappa shape index (κ3) is 2.03. The summed E-state index contributed by atoms with van der Waals surface area (Å²) in [5, 5.41) is 4.92. The van der Waals surface area contributed by atoms with Crippen molar-refractivity contribution >= 4 is 23.4 Å². The number of hydrogen-bond acceptors (Lipinski definition) is 2. The molecule has 2 rings (SSSR count). The number of benzene rings is 1. The van der Waals surface area contributed by atoms with E-state index in [1.165, 1.54) is 16.7 Å². The molecule has 0 radical (unpaired) electrons. The van der Waals surface area contributed by atoms with Crippen LogP contribution in [0.5, 0.6) is 0 Å². The van der Waals surface area contributed by atoms with Gasteiger partial charge in [-0.05, 0) is 36.7 Å². The van der Waals surface area contributed by atoms with Gasteiger partial charge in [0.1, 0.15) is 0 Å². The van der Waals surface area contributed by atoms with Crippen LogP contribution in [0.4, 0.5) is 0 Å². The molecule has 0 bridgehead atoms. The van der Waals surface area contributed by atoms with Crippen LogP contribution in [-0.2, 0) is 5.75 Å². The summed E-state index contributed by atoms with van der Waals surface area (Å²) in [6, 6.07) is 4.75. The van der Waals surface area contributed by atoms with Crippen LogP contribution in [0.1, 0.15) is 29.7 Å². The third-order valence-corrected chi connectivity index (χ3v) is 4.57. The molecular formula is C12H16ClNS. The van der Waals surface area contributed by atoms with Crippen LogP contribution in [0.3, 0.4) is 0 Å². The number of rotatable bonds is 1. The summed E-state index contributed by atoms with van der Waals surface area (Å²) in [5.74, 6) is 1.04. The molecule has 15 heavy (non-hydrogen) atoms. The minimum atomic E-state index is 0.427. The van der Waals surface area contributed by atoms with Crippen molar-refractivity contribution in [2.24, 2.45) is 0 Å². The van der Waals surface area contributed by atoms with Gasteiger partial charge in [-0.15, -0.1) is 0 Å². The van der Waals surface area contributed by atoms with Gasteiger partial charge in [0.25, 0.3) is 0 Å². The van der Waals surface area contributed by atoms with Crippen LogP contribution in [0.15, 0.2) is 12.1 Å². The summed E-state index contributed by atoms with van der Waals surface area (Å²) in [4.78, 5) is 0. The van der Waals surface area contributed by atoms with Crippen LogP contribution in [0.25, 0.3) is 0 Å². The largest absolute Gasteiger partial charge is 0.312 e. The topological polar surface area (TPSA) is 12.0 Å². The first-order valence-corrected chi connectivity index (χ1v) is 6.64. The molecule has 0 saturated heterocycles. The fourth-order valence-corrected chi connectivity index (χ4v) is 3.84. The van der Waals surface area contributed by atoms with Crippen LogP contribution in [0, 0.1) is 6.92 Å². The Kier molecular flexibility index (Phi) is 3.29. The van der Waals surface area contributed by atoms with E-state index in [9.17, 15) is 0 Å². The van der Waals surface area contributed by atoms with Gasteiger partial charge < -0.3 is 5.32 Å². The summed E-state index contributed by atoms with van der Waals surface area (Å²) in [5.41, 5.74) is 3.94. The highest BCUT2D eigenvalue weighted by Gasteiger charge is 2.27. The zero-order valence-corrected chi connectivity index (χ0v) is 10.9. The molecule has 1 nitrogen and oxygen atoms in total. The summed E-state index contributed by atoms with van der Waals surface area (Å²) < 4.78 is 0. The van der Waals surface area contributed by atoms with Crippen molar-refractivity contribution in [2.75, 3.05) is 7.05 Å². The molecule has 2 atom stereocenters. The molecule has 0 amide bonds. The highest BCUT2D eigenvalue weighted by atomic mass is 35.5. The minimum Gasteiger partial charge on any atom is -0.312 e. The first-order valence-electron chi connectivity index (χ1n) is 5.21. The van der Waals surface area contributed by atoms with Gasteiger partial charge in [0.2, 0.25) is 0 Å². The summed E-state index contributed by atoms with van der Waals surface area (Å²) >= 11 is 8.24. The van der Waals surface area contributed by atoms with E-state index >= 15 is 0 Å². The number of nitrogens with one attached hydrogen (secondary N) is 1. The Morgan fingerprint density at radius 3 is 2.87 bits per heavy atom. The van der Waals surface area contributed by atoms with Crippen molar-refractivity contribution in [1.82, 2.24) is 5.32 Å². The minimum absolute atomic E-state index is 0.427. The van der Waals surface area contributed by atoms with Gasteiger partial charge >= 0.3 is 0 Å². The standard InChI is InChI=1S/C12H16ClNS/c1-7-4-9-10(11(13)5-7)6-15-8(2)12(9)14-3/h4-5,8,12,14H,6H2,1-3H3. The molecule has 3 heteroatoms. The lowest BCUT2D eigenvalue weighted by molar-refractivity contribution is 0.579. The molecule has 0 fully saturated rings. The number of fused-ring (bicyclic) bond motifs is 1. The number of thioether (sulfide) groups is 1. The van der Waals surface area contributed by atoms with Gasteiger partial charge in [0.15, 0.2) is 0 Å². The Hall–Kier alpha value is -0.180. The van der Waals surface area contributed by atoms with Crippen LogP contribution >= 0.6 is 23.4 Å². The summed E-state index contributed by atoms with van der Waals surface area (Å²) in [6.45, 7) is 4.37. The molecule has 2 unspecified atom stereocenters. The lowest BCUT2D eigenvalue weighted by Crippen LogP contribution is -2.29. The highest BCUT2D eigenvalue weighted by molar-refractivity contribution is 7.99. The zero-order valence-electron chi connectivity index (χ0n) is 9.30. The van der Waals surface area contributed by atoms with Crippen molar-refractivity contribution in [1.29, 1.82) is 0 Å². The molecule has 1 heterocycles. The second-order valence-corrected chi connectivity index (χ2v) is 5.87. The van der Waals surface area contributed by atoms with E-state index in [0.717, 1.165) is 10.8 Å². The number of hydrogen-bond donors (Lipinski definition) is 1. The van der Waals surface area contributed by atoms with Crippen molar-refractivity contribution < 1.29 is 0 Å². The average Bonchev–Trinajstić information content (AvgIpc) is 2.17. The van der Waals surface area contributed by atoms with E-state index in [1.54, 1.807) is 0 Å². The second-order valence-electron chi connectivity index (χ2n) is 4.10. The molecule has 1 aliphatic heterocycles. The lowest BCUT2D eigenvalue weighted by Gasteiger charge is -2.31.